The summed E-state index contributed by atoms with van der Waals surface area (Å²) in [6, 6.07) is 10.5. The highest BCUT2D eigenvalue weighted by Gasteiger charge is 2.29. The van der Waals surface area contributed by atoms with E-state index in [1.807, 2.05) is 6.07 Å². The largest absolute Gasteiger partial charge is 0.321 e. The first kappa shape index (κ1) is 15.2. The zero-order chi connectivity index (χ0) is 15.0. The highest BCUT2D eigenvalue weighted by molar-refractivity contribution is 7.12. The number of nitrogens with zero attached hydrogens (tertiary/aromatic N) is 1. The molecule has 0 saturated carbocycles. The molecule has 1 aromatic heterocycles. The summed E-state index contributed by atoms with van der Waals surface area (Å²) in [5, 5.41) is 1.15. The van der Waals surface area contributed by atoms with Gasteiger partial charge in [0.05, 0.1) is 10.7 Å². The van der Waals surface area contributed by atoms with E-state index in [1.165, 1.54) is 10.4 Å². The lowest BCUT2D eigenvalue weighted by Gasteiger charge is -2.24. The maximum absolute atomic E-state index is 6.33. The second-order valence-corrected chi connectivity index (χ2v) is 8.00. The van der Waals surface area contributed by atoms with Gasteiger partial charge in [-0.3, -0.25) is 0 Å². The molecular weight excluding hydrogens is 264 g/mol. The van der Waals surface area contributed by atoms with Gasteiger partial charge in [0.15, 0.2) is 0 Å². The second kappa shape index (κ2) is 5.30. The Kier molecular flexibility index (Phi) is 4.03. The number of benzene rings is 1. The molecule has 0 fully saturated rings. The zero-order valence-electron chi connectivity index (χ0n) is 13.0. The van der Waals surface area contributed by atoms with Crippen molar-refractivity contribution >= 4 is 11.3 Å². The van der Waals surface area contributed by atoms with Gasteiger partial charge in [0, 0.05) is 22.3 Å². The maximum Gasteiger partial charge on any atom is 0.0975 e. The lowest BCUT2D eigenvalue weighted by molar-refractivity contribution is 0.511. The van der Waals surface area contributed by atoms with E-state index in [-0.39, 0.29) is 11.0 Å². The summed E-state index contributed by atoms with van der Waals surface area (Å²) in [6.07, 6.45) is 0.880. The van der Waals surface area contributed by atoms with Gasteiger partial charge in [-0.2, -0.15) is 0 Å². The van der Waals surface area contributed by atoms with Crippen molar-refractivity contribution in [2.75, 3.05) is 0 Å². The van der Waals surface area contributed by atoms with Gasteiger partial charge < -0.3 is 5.73 Å². The van der Waals surface area contributed by atoms with Crippen molar-refractivity contribution in [1.82, 2.24) is 4.98 Å². The molecule has 0 saturated heterocycles. The second-order valence-electron chi connectivity index (χ2n) is 6.92. The van der Waals surface area contributed by atoms with E-state index in [2.05, 4.69) is 58.9 Å². The van der Waals surface area contributed by atoms with Crippen molar-refractivity contribution in [3.63, 3.8) is 0 Å². The summed E-state index contributed by atoms with van der Waals surface area (Å²) in [6.45, 7) is 10.7. The molecule has 0 spiro atoms. The number of nitrogens with two attached hydrogens (primary N) is 1. The third-order valence-electron chi connectivity index (χ3n) is 3.17. The fraction of sp³-hybridized carbons (Fsp3) is 0.471. The van der Waals surface area contributed by atoms with Crippen molar-refractivity contribution in [2.24, 2.45) is 5.73 Å². The summed E-state index contributed by atoms with van der Waals surface area (Å²) in [4.78, 5) is 6.09. The Balaban J connectivity index is 2.40. The van der Waals surface area contributed by atoms with Gasteiger partial charge in [0.2, 0.25) is 0 Å². The molecule has 2 N–H and O–H groups in total. The van der Waals surface area contributed by atoms with E-state index in [0.29, 0.717) is 0 Å². The molecular formula is C17H24N2S. The van der Waals surface area contributed by atoms with Crippen molar-refractivity contribution < 1.29 is 0 Å². The Bertz CT molecular complexity index is 540. The van der Waals surface area contributed by atoms with E-state index >= 15 is 0 Å². The lowest BCUT2D eigenvalue weighted by atomic mass is 9.87. The molecule has 1 heterocycles. The monoisotopic (exact) mass is 288 g/mol. The van der Waals surface area contributed by atoms with Gasteiger partial charge in [-0.25, -0.2) is 4.98 Å². The van der Waals surface area contributed by atoms with Gasteiger partial charge in [0.1, 0.15) is 0 Å². The summed E-state index contributed by atoms with van der Waals surface area (Å²) < 4.78 is 0. The average Bonchev–Trinajstić information content (AvgIpc) is 2.74. The molecule has 0 aliphatic rings. The molecule has 1 aromatic carbocycles. The molecule has 0 amide bonds. The first-order valence-corrected chi connectivity index (χ1v) is 7.83. The van der Waals surface area contributed by atoms with Crippen molar-refractivity contribution in [2.45, 2.75) is 52.0 Å². The third kappa shape index (κ3) is 3.47. The van der Waals surface area contributed by atoms with E-state index in [1.54, 1.807) is 11.3 Å². The molecule has 2 nitrogen and oxygen atoms in total. The number of hydrogen-bond acceptors (Lipinski definition) is 3. The smallest absolute Gasteiger partial charge is 0.0975 e. The van der Waals surface area contributed by atoms with Crippen LogP contribution >= 0.6 is 11.3 Å². The zero-order valence-corrected chi connectivity index (χ0v) is 13.8. The average molecular weight is 288 g/mol. The van der Waals surface area contributed by atoms with E-state index in [0.717, 1.165) is 17.1 Å². The van der Waals surface area contributed by atoms with Crippen LogP contribution in [0.2, 0.25) is 0 Å². The molecule has 2 aromatic rings. The van der Waals surface area contributed by atoms with Gasteiger partial charge in [-0.05, 0) is 19.4 Å². The Hall–Kier alpha value is -1.19. The Morgan fingerprint density at radius 1 is 1.05 bits per heavy atom. The minimum atomic E-state index is -0.338. The highest BCUT2D eigenvalue weighted by atomic mass is 32.1. The fourth-order valence-electron chi connectivity index (χ4n) is 2.16. The predicted octanol–water partition coefficient (Wildman–Crippen LogP) is 4.23. The summed E-state index contributed by atoms with van der Waals surface area (Å²) in [5.41, 5.74) is 8.45. The van der Waals surface area contributed by atoms with Crippen LogP contribution in [0.1, 0.15) is 55.8 Å². The lowest BCUT2D eigenvalue weighted by Crippen LogP contribution is -2.31. The summed E-state index contributed by atoms with van der Waals surface area (Å²) in [7, 11) is 0. The topological polar surface area (TPSA) is 38.9 Å². The molecule has 0 bridgehead atoms. The Morgan fingerprint density at radius 2 is 1.65 bits per heavy atom. The van der Waals surface area contributed by atoms with Crippen molar-refractivity contribution in [3.05, 3.63) is 51.5 Å². The number of hydrogen-bond donors (Lipinski definition) is 1. The van der Waals surface area contributed by atoms with E-state index in [9.17, 15) is 0 Å². The summed E-state index contributed by atoms with van der Waals surface area (Å²) >= 11 is 1.75. The Morgan fingerprint density at radius 3 is 2.10 bits per heavy atom. The van der Waals surface area contributed by atoms with Crippen LogP contribution in [0.15, 0.2) is 30.3 Å². The van der Waals surface area contributed by atoms with Crippen LogP contribution in [-0.2, 0) is 17.4 Å². The summed E-state index contributed by atoms with van der Waals surface area (Å²) in [5.74, 6) is 0. The fourth-order valence-corrected chi connectivity index (χ4v) is 3.48. The molecule has 108 valence electrons. The predicted molar refractivity (Wildman–Crippen MR) is 87.3 cm³/mol. The van der Waals surface area contributed by atoms with Gasteiger partial charge in [-0.15, -0.1) is 11.3 Å². The molecule has 0 atom stereocenters. The van der Waals surface area contributed by atoms with Gasteiger partial charge >= 0.3 is 0 Å². The number of thiazole rings is 1. The quantitative estimate of drug-likeness (QED) is 0.918. The molecule has 0 radical (unpaired) electrons. The normalized spacial score (nSPS) is 12.7. The first-order valence-electron chi connectivity index (χ1n) is 7.01. The SMILES string of the molecule is CC(C)(C)c1nc(Cc2ccccc2)sc1C(C)(C)N. The van der Waals surface area contributed by atoms with Crippen LogP contribution in [0.4, 0.5) is 0 Å². The number of rotatable bonds is 3. The highest BCUT2D eigenvalue weighted by Crippen LogP contribution is 2.36. The molecule has 20 heavy (non-hydrogen) atoms. The van der Waals surface area contributed by atoms with Crippen LogP contribution in [-0.4, -0.2) is 4.98 Å². The van der Waals surface area contributed by atoms with Crippen LogP contribution in [0.25, 0.3) is 0 Å². The molecule has 0 aliphatic carbocycles. The number of aromatic nitrogens is 1. The van der Waals surface area contributed by atoms with E-state index in [4.69, 9.17) is 10.7 Å². The minimum absolute atomic E-state index is 0.0252. The van der Waals surface area contributed by atoms with E-state index < -0.39 is 0 Å². The van der Waals surface area contributed by atoms with Gasteiger partial charge in [0.25, 0.3) is 0 Å². The van der Waals surface area contributed by atoms with Gasteiger partial charge in [-0.1, -0.05) is 51.1 Å². The Labute approximate surface area is 126 Å². The standard InChI is InChI=1S/C17H24N2S/c1-16(2,3)14-15(17(4,5)18)20-13(19-14)11-12-9-7-6-8-10-12/h6-10H,11,18H2,1-5H3. The minimum Gasteiger partial charge on any atom is -0.321 e. The van der Waals surface area contributed by atoms with Crippen molar-refractivity contribution in [1.29, 1.82) is 0 Å². The van der Waals surface area contributed by atoms with Crippen molar-refractivity contribution in [3.8, 4) is 0 Å². The van der Waals surface area contributed by atoms with Crippen LogP contribution < -0.4 is 5.73 Å². The van der Waals surface area contributed by atoms with Crippen LogP contribution in [0.5, 0.6) is 0 Å². The molecule has 0 aliphatic heterocycles. The molecule has 2 rings (SSSR count). The van der Waals surface area contributed by atoms with Crippen LogP contribution in [0.3, 0.4) is 0 Å². The molecule has 3 heteroatoms. The third-order valence-corrected chi connectivity index (χ3v) is 4.56. The van der Waals surface area contributed by atoms with Crippen LogP contribution in [0, 0.1) is 0 Å². The molecule has 0 unspecified atom stereocenters. The first-order chi connectivity index (χ1) is 9.18. The maximum atomic E-state index is 6.33.